The van der Waals surface area contributed by atoms with Crippen molar-refractivity contribution in [3.05, 3.63) is 0 Å². The summed E-state index contributed by atoms with van der Waals surface area (Å²) in [6.07, 6.45) is 6.16. The van der Waals surface area contributed by atoms with E-state index in [0.717, 1.165) is 18.9 Å². The zero-order chi connectivity index (χ0) is 10.6. The van der Waals surface area contributed by atoms with Gasteiger partial charge in [-0.15, -0.1) is 0 Å². The number of amides is 1. The summed E-state index contributed by atoms with van der Waals surface area (Å²) in [4.78, 5) is 13.6. The number of nitrogens with zero attached hydrogens (tertiary/aromatic N) is 1. The summed E-state index contributed by atoms with van der Waals surface area (Å²) in [5.41, 5.74) is 0. The first-order valence-electron chi connectivity index (χ1n) is 5.54. The van der Waals surface area contributed by atoms with Crippen LogP contribution in [0.15, 0.2) is 0 Å². The topological polar surface area (TPSA) is 20.3 Å². The highest BCUT2D eigenvalue weighted by molar-refractivity contribution is 9.10. The Bertz CT molecular complexity index is 190. The van der Waals surface area contributed by atoms with Crippen molar-refractivity contribution in [2.45, 2.75) is 43.9 Å². The van der Waals surface area contributed by atoms with Gasteiger partial charge in [0.1, 0.15) is 0 Å². The SMILES string of the molecule is CCC(Br)C(=O)N(C)CC1CCCC1. The highest BCUT2D eigenvalue weighted by atomic mass is 79.9. The van der Waals surface area contributed by atoms with E-state index in [9.17, 15) is 4.79 Å². The predicted molar refractivity (Wildman–Crippen MR) is 62.6 cm³/mol. The molecular formula is C11H20BrNO. The van der Waals surface area contributed by atoms with Crippen LogP contribution in [0.1, 0.15) is 39.0 Å². The lowest BCUT2D eigenvalue weighted by Crippen LogP contribution is -2.36. The fourth-order valence-corrected chi connectivity index (χ4v) is 2.43. The van der Waals surface area contributed by atoms with E-state index >= 15 is 0 Å². The summed E-state index contributed by atoms with van der Waals surface area (Å²) in [5.74, 6) is 0.986. The number of carbonyl (C=O) groups is 1. The molecule has 0 saturated heterocycles. The van der Waals surface area contributed by atoms with Crippen LogP contribution in [0.3, 0.4) is 0 Å². The van der Waals surface area contributed by atoms with Gasteiger partial charge in [-0.2, -0.15) is 0 Å². The summed E-state index contributed by atoms with van der Waals surface area (Å²) in [7, 11) is 1.92. The Morgan fingerprint density at radius 3 is 2.57 bits per heavy atom. The molecule has 0 spiro atoms. The first-order chi connectivity index (χ1) is 6.65. The van der Waals surface area contributed by atoms with E-state index in [1.807, 2.05) is 18.9 Å². The molecule has 0 bridgehead atoms. The van der Waals surface area contributed by atoms with Gasteiger partial charge in [-0.25, -0.2) is 0 Å². The van der Waals surface area contributed by atoms with E-state index in [1.54, 1.807) is 0 Å². The number of halogens is 1. The fraction of sp³-hybridized carbons (Fsp3) is 0.909. The third kappa shape index (κ3) is 3.26. The van der Waals surface area contributed by atoms with Gasteiger partial charge in [0.25, 0.3) is 0 Å². The van der Waals surface area contributed by atoms with Gasteiger partial charge in [0, 0.05) is 13.6 Å². The van der Waals surface area contributed by atoms with Gasteiger partial charge >= 0.3 is 0 Å². The van der Waals surface area contributed by atoms with Crippen LogP contribution in [-0.4, -0.2) is 29.2 Å². The molecule has 0 radical (unpaired) electrons. The van der Waals surface area contributed by atoms with Crippen LogP contribution in [0.2, 0.25) is 0 Å². The van der Waals surface area contributed by atoms with Crippen LogP contribution in [-0.2, 0) is 4.79 Å². The predicted octanol–water partition coefficient (Wildman–Crippen LogP) is 2.81. The highest BCUT2D eigenvalue weighted by Crippen LogP contribution is 2.25. The van der Waals surface area contributed by atoms with Crippen LogP contribution in [0.4, 0.5) is 0 Å². The first kappa shape index (κ1) is 12.0. The van der Waals surface area contributed by atoms with Crippen molar-refractivity contribution >= 4 is 21.8 Å². The molecule has 1 rings (SSSR count). The summed E-state index contributed by atoms with van der Waals surface area (Å²) >= 11 is 3.40. The van der Waals surface area contributed by atoms with Crippen LogP contribution >= 0.6 is 15.9 Å². The van der Waals surface area contributed by atoms with Gasteiger partial charge in [-0.05, 0) is 25.2 Å². The lowest BCUT2D eigenvalue weighted by Gasteiger charge is -2.23. The third-order valence-corrected chi connectivity index (χ3v) is 4.05. The van der Waals surface area contributed by atoms with E-state index in [0.29, 0.717) is 0 Å². The summed E-state index contributed by atoms with van der Waals surface area (Å²) in [6.45, 7) is 2.97. The lowest BCUT2D eigenvalue weighted by atomic mass is 10.1. The fourth-order valence-electron chi connectivity index (χ4n) is 2.08. The molecule has 82 valence electrons. The second-order valence-corrected chi connectivity index (χ2v) is 5.35. The molecule has 0 aromatic carbocycles. The largest absolute Gasteiger partial charge is 0.345 e. The van der Waals surface area contributed by atoms with E-state index in [-0.39, 0.29) is 10.7 Å². The van der Waals surface area contributed by atoms with Crippen LogP contribution in [0.25, 0.3) is 0 Å². The molecule has 0 heterocycles. The number of alkyl halides is 1. The zero-order valence-electron chi connectivity index (χ0n) is 9.13. The Balaban J connectivity index is 2.32. The monoisotopic (exact) mass is 261 g/mol. The van der Waals surface area contributed by atoms with E-state index < -0.39 is 0 Å². The Labute approximate surface area is 95.2 Å². The standard InChI is InChI=1S/C11H20BrNO/c1-3-10(12)11(14)13(2)8-9-6-4-5-7-9/h9-10H,3-8H2,1-2H3. The van der Waals surface area contributed by atoms with Crippen LogP contribution < -0.4 is 0 Å². The third-order valence-electron chi connectivity index (χ3n) is 3.01. The average Bonchev–Trinajstić information content (AvgIpc) is 2.68. The maximum absolute atomic E-state index is 11.7. The maximum Gasteiger partial charge on any atom is 0.236 e. The van der Waals surface area contributed by atoms with E-state index in [2.05, 4.69) is 15.9 Å². The molecule has 1 amide bonds. The Kier molecular flexibility index (Phi) is 4.93. The van der Waals surface area contributed by atoms with Crippen molar-refractivity contribution in [2.75, 3.05) is 13.6 Å². The van der Waals surface area contributed by atoms with Crippen LogP contribution in [0, 0.1) is 5.92 Å². The Morgan fingerprint density at radius 1 is 1.50 bits per heavy atom. The summed E-state index contributed by atoms with van der Waals surface area (Å²) < 4.78 is 0. The molecule has 0 aromatic heterocycles. The molecule has 1 fully saturated rings. The minimum atomic E-state index is 0.00824. The molecule has 0 aromatic rings. The molecule has 0 N–H and O–H groups in total. The number of hydrogen-bond acceptors (Lipinski definition) is 1. The normalized spacial score (nSPS) is 19.6. The number of hydrogen-bond donors (Lipinski definition) is 0. The quantitative estimate of drug-likeness (QED) is 0.713. The second-order valence-electron chi connectivity index (χ2n) is 4.25. The molecule has 0 aliphatic heterocycles. The molecule has 1 aliphatic rings. The first-order valence-corrected chi connectivity index (χ1v) is 6.45. The van der Waals surface area contributed by atoms with Gasteiger partial charge in [0.15, 0.2) is 0 Å². The molecule has 1 saturated carbocycles. The Hall–Kier alpha value is -0.0500. The molecule has 3 heteroatoms. The molecule has 1 aliphatic carbocycles. The van der Waals surface area contributed by atoms with Gasteiger partial charge in [-0.1, -0.05) is 35.7 Å². The summed E-state index contributed by atoms with van der Waals surface area (Å²) in [6, 6.07) is 0. The molecule has 14 heavy (non-hydrogen) atoms. The number of rotatable bonds is 4. The average molecular weight is 262 g/mol. The maximum atomic E-state index is 11.7. The van der Waals surface area contributed by atoms with Crippen molar-refractivity contribution < 1.29 is 4.79 Å². The van der Waals surface area contributed by atoms with E-state index in [4.69, 9.17) is 0 Å². The van der Waals surface area contributed by atoms with Crippen molar-refractivity contribution in [3.8, 4) is 0 Å². The van der Waals surface area contributed by atoms with Crippen LogP contribution in [0.5, 0.6) is 0 Å². The second kappa shape index (κ2) is 5.74. The minimum absolute atomic E-state index is 0.00824. The van der Waals surface area contributed by atoms with Crippen molar-refractivity contribution in [3.63, 3.8) is 0 Å². The van der Waals surface area contributed by atoms with Crippen molar-refractivity contribution in [1.82, 2.24) is 4.90 Å². The van der Waals surface area contributed by atoms with Crippen molar-refractivity contribution in [2.24, 2.45) is 5.92 Å². The minimum Gasteiger partial charge on any atom is -0.345 e. The Morgan fingerprint density at radius 2 is 2.07 bits per heavy atom. The highest BCUT2D eigenvalue weighted by Gasteiger charge is 2.22. The molecule has 1 unspecified atom stereocenters. The molecule has 2 nitrogen and oxygen atoms in total. The van der Waals surface area contributed by atoms with E-state index in [1.165, 1.54) is 25.7 Å². The summed E-state index contributed by atoms with van der Waals surface area (Å²) in [5, 5.41) is 0. The zero-order valence-corrected chi connectivity index (χ0v) is 10.7. The lowest BCUT2D eigenvalue weighted by molar-refractivity contribution is -0.129. The smallest absolute Gasteiger partial charge is 0.236 e. The molecule has 1 atom stereocenters. The van der Waals surface area contributed by atoms with Crippen molar-refractivity contribution in [1.29, 1.82) is 0 Å². The van der Waals surface area contributed by atoms with Gasteiger partial charge in [0.05, 0.1) is 4.83 Å². The van der Waals surface area contributed by atoms with Gasteiger partial charge in [-0.3, -0.25) is 4.79 Å². The van der Waals surface area contributed by atoms with Gasteiger partial charge < -0.3 is 4.90 Å². The molecular weight excluding hydrogens is 242 g/mol. The number of carbonyl (C=O) groups excluding carboxylic acids is 1. The van der Waals surface area contributed by atoms with Gasteiger partial charge in [0.2, 0.25) is 5.91 Å².